The van der Waals surface area contributed by atoms with Gasteiger partial charge in [-0.15, -0.1) is 11.3 Å². The van der Waals surface area contributed by atoms with Crippen LogP contribution in [-0.4, -0.2) is 35.7 Å². The number of nitrogens with zero attached hydrogens (tertiary/aromatic N) is 2. The van der Waals surface area contributed by atoms with Crippen LogP contribution in [0.15, 0.2) is 40.7 Å². The quantitative estimate of drug-likeness (QED) is 0.810. The molecule has 2 aromatic rings. The molecule has 28 heavy (non-hydrogen) atoms. The van der Waals surface area contributed by atoms with Crippen molar-refractivity contribution in [2.75, 3.05) is 18.9 Å². The maximum absolute atomic E-state index is 12.5. The lowest BCUT2D eigenvalue weighted by Crippen LogP contribution is -2.58. The molecule has 1 aliphatic carbocycles. The van der Waals surface area contributed by atoms with E-state index >= 15 is 0 Å². The molecular weight excluding hydrogens is 376 g/mol. The zero-order valence-electron chi connectivity index (χ0n) is 15.4. The maximum Gasteiger partial charge on any atom is 0.292 e. The normalized spacial score (nSPS) is 27.9. The smallest absolute Gasteiger partial charge is 0.292 e. The predicted molar refractivity (Wildman–Crippen MR) is 106 cm³/mol. The van der Waals surface area contributed by atoms with Crippen LogP contribution in [0, 0.1) is 5.92 Å². The molecule has 3 N–H and O–H groups in total. The van der Waals surface area contributed by atoms with Crippen molar-refractivity contribution in [1.82, 2.24) is 10.3 Å². The number of amides is 1. The number of thiazole rings is 1. The summed E-state index contributed by atoms with van der Waals surface area (Å²) in [5.41, 5.74) is 5.74. The van der Waals surface area contributed by atoms with Gasteiger partial charge in [0.15, 0.2) is 0 Å². The van der Waals surface area contributed by atoms with Gasteiger partial charge in [0.05, 0.1) is 18.8 Å². The second-order valence-electron chi connectivity index (χ2n) is 7.78. The molecular formula is C20H22N4O3S. The minimum absolute atomic E-state index is 0.0410. The number of ether oxygens (including phenoxy) is 2. The minimum atomic E-state index is -0.666. The summed E-state index contributed by atoms with van der Waals surface area (Å²) >= 11 is 1.48. The van der Waals surface area contributed by atoms with Gasteiger partial charge in [-0.3, -0.25) is 10.1 Å². The van der Waals surface area contributed by atoms with Crippen molar-refractivity contribution in [1.29, 1.82) is 0 Å². The summed E-state index contributed by atoms with van der Waals surface area (Å²) in [4.78, 5) is 21.9. The first kappa shape index (κ1) is 17.6. The molecule has 5 rings (SSSR count). The number of hydrogen-bond donors (Lipinski definition) is 2. The average Bonchev–Trinajstić information content (AvgIpc) is 3.14. The van der Waals surface area contributed by atoms with Crippen LogP contribution in [0.4, 0.5) is 5.82 Å². The van der Waals surface area contributed by atoms with E-state index in [2.05, 4.69) is 10.3 Å². The fourth-order valence-electron chi connectivity index (χ4n) is 4.28. The van der Waals surface area contributed by atoms with Crippen molar-refractivity contribution in [3.8, 4) is 0 Å². The number of nitrogen functional groups attached to an aromatic ring is 1. The van der Waals surface area contributed by atoms with Crippen molar-refractivity contribution in [2.24, 2.45) is 10.9 Å². The summed E-state index contributed by atoms with van der Waals surface area (Å²) < 4.78 is 12.2. The number of amidine groups is 1. The fraction of sp³-hybridized carbons (Fsp3) is 0.450. The van der Waals surface area contributed by atoms with E-state index < -0.39 is 5.54 Å². The fourth-order valence-corrected chi connectivity index (χ4v) is 5.20. The molecule has 7 nitrogen and oxygen atoms in total. The van der Waals surface area contributed by atoms with Crippen molar-refractivity contribution in [2.45, 2.75) is 36.8 Å². The highest BCUT2D eigenvalue weighted by molar-refractivity contribution is 7.10. The summed E-state index contributed by atoms with van der Waals surface area (Å²) in [5, 5.41) is 5.44. The van der Waals surface area contributed by atoms with Crippen molar-refractivity contribution < 1.29 is 14.3 Å². The number of rotatable bonds is 2. The van der Waals surface area contributed by atoms with E-state index in [1.807, 2.05) is 23.6 Å². The standard InChI is InChI=1S/C20H22N4O3S/c21-15-11-28-17(22-15)20-12-27-19(7-4-8-19)9-14(20)10-26-18(24-20)23-16(25)13-5-2-1-3-6-13/h1-3,5-6,11,14H,4,7-10,12,21H2,(H,23,24,25)/t14-,20-/m0/s1. The van der Waals surface area contributed by atoms with Gasteiger partial charge < -0.3 is 15.2 Å². The molecule has 0 radical (unpaired) electrons. The highest BCUT2D eigenvalue weighted by atomic mass is 32.1. The van der Waals surface area contributed by atoms with Gasteiger partial charge in [-0.25, -0.2) is 9.98 Å². The molecule has 2 atom stereocenters. The second kappa shape index (κ2) is 6.56. The number of aromatic nitrogens is 1. The molecule has 3 heterocycles. The van der Waals surface area contributed by atoms with E-state index in [1.165, 1.54) is 17.8 Å². The lowest BCUT2D eigenvalue weighted by molar-refractivity contribution is -0.182. The van der Waals surface area contributed by atoms with Gasteiger partial charge in [0.1, 0.15) is 16.4 Å². The monoisotopic (exact) mass is 398 g/mol. The first-order valence-electron chi connectivity index (χ1n) is 9.53. The van der Waals surface area contributed by atoms with Gasteiger partial charge in [0.2, 0.25) is 0 Å². The molecule has 3 aliphatic rings. The third-order valence-corrected chi connectivity index (χ3v) is 7.06. The van der Waals surface area contributed by atoms with Gasteiger partial charge in [-0.2, -0.15) is 0 Å². The molecule has 2 aliphatic heterocycles. The van der Waals surface area contributed by atoms with Crippen LogP contribution in [0.2, 0.25) is 0 Å². The van der Waals surface area contributed by atoms with E-state index in [-0.39, 0.29) is 23.4 Å². The first-order chi connectivity index (χ1) is 13.6. The Morgan fingerprint density at radius 3 is 2.79 bits per heavy atom. The van der Waals surface area contributed by atoms with E-state index in [4.69, 9.17) is 20.2 Å². The number of benzene rings is 1. The van der Waals surface area contributed by atoms with Crippen LogP contribution in [0.5, 0.6) is 0 Å². The molecule has 1 saturated heterocycles. The maximum atomic E-state index is 12.5. The van der Waals surface area contributed by atoms with Gasteiger partial charge in [0, 0.05) is 16.9 Å². The van der Waals surface area contributed by atoms with Crippen molar-refractivity contribution >= 4 is 29.1 Å². The Kier molecular flexibility index (Phi) is 4.13. The molecule has 0 unspecified atom stereocenters. The van der Waals surface area contributed by atoms with E-state index in [9.17, 15) is 4.79 Å². The zero-order valence-corrected chi connectivity index (χ0v) is 16.2. The van der Waals surface area contributed by atoms with E-state index in [0.717, 1.165) is 24.3 Å². The van der Waals surface area contributed by atoms with Crippen LogP contribution in [0.3, 0.4) is 0 Å². The Morgan fingerprint density at radius 1 is 1.29 bits per heavy atom. The summed E-state index contributed by atoms with van der Waals surface area (Å²) in [5.74, 6) is 0.372. The number of carbonyl (C=O) groups excluding carboxylic acids is 1. The summed E-state index contributed by atoms with van der Waals surface area (Å²) in [7, 11) is 0. The third kappa shape index (κ3) is 2.87. The Bertz CT molecular complexity index is 925. The van der Waals surface area contributed by atoms with Crippen LogP contribution in [0.25, 0.3) is 0 Å². The lowest BCUT2D eigenvalue weighted by Gasteiger charge is -2.53. The Balaban J connectivity index is 1.46. The minimum Gasteiger partial charge on any atom is -0.465 e. The summed E-state index contributed by atoms with van der Waals surface area (Å²) in [6.07, 6.45) is 4.25. The molecule has 1 amide bonds. The van der Waals surface area contributed by atoms with Gasteiger partial charge in [-0.05, 0) is 37.8 Å². The SMILES string of the molecule is Nc1csc([C@]23COC4(CCC4)C[C@H]2COC(NC(=O)c2ccccc2)=N3)n1. The lowest BCUT2D eigenvalue weighted by atomic mass is 9.67. The van der Waals surface area contributed by atoms with Crippen LogP contribution in [0.1, 0.15) is 41.0 Å². The van der Waals surface area contributed by atoms with E-state index in [1.54, 1.807) is 12.1 Å². The molecule has 1 spiro atoms. The van der Waals surface area contributed by atoms with Crippen molar-refractivity contribution in [3.05, 3.63) is 46.3 Å². The molecule has 1 saturated carbocycles. The summed E-state index contributed by atoms with van der Waals surface area (Å²) in [6, 6.07) is 9.23. The Morgan fingerprint density at radius 2 is 2.11 bits per heavy atom. The zero-order chi connectivity index (χ0) is 19.2. The number of fused-ring (bicyclic) bond motifs is 1. The van der Waals surface area contributed by atoms with Crippen LogP contribution >= 0.6 is 11.3 Å². The average molecular weight is 398 g/mol. The van der Waals surface area contributed by atoms with Crippen molar-refractivity contribution in [3.63, 3.8) is 0 Å². The topological polar surface area (TPSA) is 98.8 Å². The molecule has 146 valence electrons. The van der Waals surface area contributed by atoms with E-state index in [0.29, 0.717) is 24.6 Å². The number of hydrogen-bond acceptors (Lipinski definition) is 7. The van der Waals surface area contributed by atoms with Gasteiger partial charge >= 0.3 is 0 Å². The first-order valence-corrected chi connectivity index (χ1v) is 10.4. The largest absolute Gasteiger partial charge is 0.465 e. The molecule has 2 fully saturated rings. The highest BCUT2D eigenvalue weighted by Gasteiger charge is 2.56. The molecule has 8 heteroatoms. The Labute approximate surface area is 167 Å². The molecule has 1 aromatic heterocycles. The number of nitrogens with one attached hydrogen (secondary N) is 1. The van der Waals surface area contributed by atoms with Gasteiger partial charge in [-0.1, -0.05) is 18.2 Å². The van der Waals surface area contributed by atoms with Gasteiger partial charge in [0.25, 0.3) is 11.9 Å². The third-order valence-electron chi connectivity index (χ3n) is 6.03. The van der Waals surface area contributed by atoms with Crippen LogP contribution < -0.4 is 11.1 Å². The predicted octanol–water partition coefficient (Wildman–Crippen LogP) is 2.70. The number of anilines is 1. The number of nitrogens with two attached hydrogens (primary N) is 1. The number of aliphatic imine (C=N–C) groups is 1. The molecule has 1 aromatic carbocycles. The van der Waals surface area contributed by atoms with Crippen LogP contribution in [-0.2, 0) is 15.0 Å². The highest BCUT2D eigenvalue weighted by Crippen LogP contribution is 2.53. The summed E-state index contributed by atoms with van der Waals surface area (Å²) in [6.45, 7) is 0.900. The Hall–Kier alpha value is -2.45. The molecule has 0 bridgehead atoms. The number of carbonyl (C=O) groups is 1. The second-order valence-corrected chi connectivity index (χ2v) is 8.63.